The number of para-hydroxylation sites is 1. The highest BCUT2D eigenvalue weighted by molar-refractivity contribution is 9.09. The number of amides is 4. The fourth-order valence-electron chi connectivity index (χ4n) is 8.67. The Morgan fingerprint density at radius 3 is 2.32 bits per heavy atom. The van der Waals surface area contributed by atoms with Crippen LogP contribution < -0.4 is 4.74 Å². The Labute approximate surface area is 291 Å². The summed E-state index contributed by atoms with van der Waals surface area (Å²) in [6.07, 6.45) is 3.56. The number of fused-ring (bicyclic) bond motifs is 4. The van der Waals surface area contributed by atoms with Crippen LogP contribution in [0, 0.1) is 17.8 Å². The number of halogens is 3. The number of carbonyl (C=O) groups excluding carboxylic acids is 4. The molecule has 7 rings (SSSR count). The highest BCUT2D eigenvalue weighted by Crippen LogP contribution is 2.66. The molecule has 6 atom stereocenters. The molecule has 0 unspecified atom stereocenters. The molecule has 3 aliphatic heterocycles. The molecule has 1 N–H and O–H groups in total. The first-order valence-corrected chi connectivity index (χ1v) is 18.0. The maximum absolute atomic E-state index is 14.4. The van der Waals surface area contributed by atoms with Gasteiger partial charge in [0.25, 0.3) is 11.8 Å². The Hall–Kier alpha value is -2.76. The number of benzene rings is 2. The Morgan fingerprint density at radius 1 is 0.915 bits per heavy atom. The molecule has 5 aliphatic rings. The number of aliphatic hydroxyl groups excluding tert-OH is 1. The molecule has 12 heteroatoms. The van der Waals surface area contributed by atoms with Gasteiger partial charge in [-0.25, -0.2) is 0 Å². The number of ether oxygens (including phenoxy) is 1. The number of carbonyl (C=O) groups is 4. The summed E-state index contributed by atoms with van der Waals surface area (Å²) in [6, 6.07) is 17.1. The smallest absolute Gasteiger partial charge is 0.254 e. The van der Waals surface area contributed by atoms with Crippen molar-refractivity contribution in [1.82, 2.24) is 14.7 Å². The van der Waals surface area contributed by atoms with Gasteiger partial charge in [0.05, 0.1) is 23.9 Å². The highest BCUT2D eigenvalue weighted by atomic mass is 79.9. The van der Waals surface area contributed by atoms with E-state index >= 15 is 0 Å². The number of hydrogen-bond acceptors (Lipinski definition) is 7. The average Bonchev–Trinajstić information content (AvgIpc) is 3.42. The van der Waals surface area contributed by atoms with E-state index in [0.717, 1.165) is 30.1 Å². The van der Waals surface area contributed by atoms with E-state index in [-0.39, 0.29) is 42.9 Å². The van der Waals surface area contributed by atoms with Crippen molar-refractivity contribution in [3.8, 4) is 5.75 Å². The summed E-state index contributed by atoms with van der Waals surface area (Å²) in [7, 11) is 0. The largest absolute Gasteiger partial charge is 0.491 e. The SMILES string of the molecule is O=C1[C@H]2[C@H](CC=C3[C@H]2C[C@@]2(Cl)C(=O)N(CBr)C(=O)[C@@]2(Cl)[C@H]3c2ccccc2OCCO)C(=O)N1C1CCN(Cc2ccccc2)CC1. The molecule has 3 saturated heterocycles. The molecule has 0 aromatic heterocycles. The third-order valence-corrected chi connectivity index (χ3v) is 12.7. The Morgan fingerprint density at radius 2 is 1.62 bits per heavy atom. The number of imide groups is 2. The summed E-state index contributed by atoms with van der Waals surface area (Å²) >= 11 is 18.0. The minimum Gasteiger partial charge on any atom is -0.491 e. The van der Waals surface area contributed by atoms with Gasteiger partial charge < -0.3 is 9.84 Å². The lowest BCUT2D eigenvalue weighted by Gasteiger charge is -2.51. The average molecular weight is 745 g/mol. The number of likely N-dealkylation sites (tertiary alicyclic amines) is 3. The van der Waals surface area contributed by atoms with Crippen LogP contribution >= 0.6 is 39.1 Å². The molecule has 1 saturated carbocycles. The number of allylic oxidation sites excluding steroid dienone is 2. The summed E-state index contributed by atoms with van der Waals surface area (Å²) in [4.78, 5) is 57.5. The topological polar surface area (TPSA) is 107 Å². The first kappa shape index (κ1) is 32.8. The van der Waals surface area contributed by atoms with Gasteiger partial charge in [-0.1, -0.05) is 76.1 Å². The second kappa shape index (κ2) is 12.6. The number of piperidine rings is 1. The molecule has 0 radical (unpaired) electrons. The number of aliphatic hydroxyl groups is 1. The monoisotopic (exact) mass is 743 g/mol. The van der Waals surface area contributed by atoms with Gasteiger partial charge in [0.2, 0.25) is 11.8 Å². The minimum absolute atomic E-state index is 0.00469. The van der Waals surface area contributed by atoms with E-state index in [0.29, 0.717) is 30.6 Å². The fraction of sp³-hybridized carbons (Fsp3) is 0.486. The number of rotatable bonds is 8. The van der Waals surface area contributed by atoms with Crippen LogP contribution in [0.1, 0.15) is 42.7 Å². The van der Waals surface area contributed by atoms with Crippen LogP contribution in [0.4, 0.5) is 0 Å². The van der Waals surface area contributed by atoms with E-state index in [2.05, 4.69) is 33.0 Å². The normalized spacial score (nSPS) is 32.7. The Bertz CT molecular complexity index is 1630. The Balaban J connectivity index is 1.22. The number of nitrogens with zero attached hydrogens (tertiary/aromatic N) is 3. The fourth-order valence-corrected chi connectivity index (χ4v) is 10.1. The summed E-state index contributed by atoms with van der Waals surface area (Å²) < 4.78 is 5.90. The van der Waals surface area contributed by atoms with Gasteiger partial charge in [-0.05, 0) is 43.2 Å². The maximum Gasteiger partial charge on any atom is 0.254 e. The zero-order valence-electron chi connectivity index (χ0n) is 25.7. The molecular weight excluding hydrogens is 709 g/mol. The summed E-state index contributed by atoms with van der Waals surface area (Å²) in [6.45, 7) is 2.13. The zero-order valence-corrected chi connectivity index (χ0v) is 28.8. The number of alkyl halides is 3. The molecular formula is C35H36BrCl2N3O6. The van der Waals surface area contributed by atoms with Gasteiger partial charge in [-0.15, -0.1) is 23.2 Å². The van der Waals surface area contributed by atoms with Gasteiger partial charge in [0, 0.05) is 37.2 Å². The van der Waals surface area contributed by atoms with Crippen molar-refractivity contribution in [2.75, 3.05) is 31.8 Å². The van der Waals surface area contributed by atoms with Crippen LogP contribution in [0.3, 0.4) is 0 Å². The zero-order chi connectivity index (χ0) is 33.1. The summed E-state index contributed by atoms with van der Waals surface area (Å²) in [5, 5.41) is 9.50. The molecule has 3 heterocycles. The first-order chi connectivity index (χ1) is 22.7. The van der Waals surface area contributed by atoms with Crippen LogP contribution in [-0.2, 0) is 25.7 Å². The lowest BCUT2D eigenvalue weighted by molar-refractivity contribution is -0.144. The molecule has 248 valence electrons. The van der Waals surface area contributed by atoms with E-state index in [4.69, 9.17) is 27.9 Å². The molecule has 4 amide bonds. The van der Waals surface area contributed by atoms with Gasteiger partial charge in [-0.2, -0.15) is 0 Å². The van der Waals surface area contributed by atoms with Crippen molar-refractivity contribution in [2.45, 2.75) is 53.9 Å². The number of hydrogen-bond donors (Lipinski definition) is 1. The Kier molecular flexibility index (Phi) is 8.79. The minimum atomic E-state index is -1.91. The van der Waals surface area contributed by atoms with Crippen LogP contribution in [0.5, 0.6) is 5.75 Å². The van der Waals surface area contributed by atoms with E-state index < -0.39 is 45.2 Å². The molecule has 2 aromatic carbocycles. The lowest BCUT2D eigenvalue weighted by Crippen LogP contribution is -2.60. The van der Waals surface area contributed by atoms with Crippen LogP contribution in [0.2, 0.25) is 0 Å². The second-order valence-electron chi connectivity index (χ2n) is 13.1. The molecule has 2 aliphatic carbocycles. The van der Waals surface area contributed by atoms with E-state index in [1.807, 2.05) is 24.3 Å². The van der Waals surface area contributed by atoms with Crippen molar-refractivity contribution in [2.24, 2.45) is 17.8 Å². The summed E-state index contributed by atoms with van der Waals surface area (Å²) in [5.74, 6) is -4.11. The third-order valence-electron chi connectivity index (χ3n) is 10.8. The van der Waals surface area contributed by atoms with Gasteiger partial charge in [0.15, 0.2) is 9.75 Å². The lowest BCUT2D eigenvalue weighted by atomic mass is 9.56. The van der Waals surface area contributed by atoms with Crippen molar-refractivity contribution < 1.29 is 29.0 Å². The molecule has 47 heavy (non-hydrogen) atoms. The maximum atomic E-state index is 14.4. The highest BCUT2D eigenvalue weighted by Gasteiger charge is 2.76. The van der Waals surface area contributed by atoms with E-state index in [9.17, 15) is 24.3 Å². The van der Waals surface area contributed by atoms with E-state index in [1.54, 1.807) is 24.3 Å². The first-order valence-electron chi connectivity index (χ1n) is 16.1. The predicted octanol–water partition coefficient (Wildman–Crippen LogP) is 4.43. The van der Waals surface area contributed by atoms with Crippen molar-refractivity contribution in [3.63, 3.8) is 0 Å². The molecule has 2 aromatic rings. The predicted molar refractivity (Wildman–Crippen MR) is 179 cm³/mol. The van der Waals surface area contributed by atoms with E-state index in [1.165, 1.54) is 10.5 Å². The molecule has 9 nitrogen and oxygen atoms in total. The molecule has 4 fully saturated rings. The van der Waals surface area contributed by atoms with Crippen LogP contribution in [0.15, 0.2) is 66.2 Å². The van der Waals surface area contributed by atoms with Crippen LogP contribution in [-0.4, -0.2) is 91.0 Å². The quantitative estimate of drug-likeness (QED) is 0.185. The van der Waals surface area contributed by atoms with Gasteiger partial charge in [0.1, 0.15) is 12.4 Å². The second-order valence-corrected chi connectivity index (χ2v) is 14.9. The van der Waals surface area contributed by atoms with Crippen molar-refractivity contribution >= 4 is 62.8 Å². The molecule has 0 bridgehead atoms. The van der Waals surface area contributed by atoms with Crippen LogP contribution in [0.25, 0.3) is 0 Å². The van der Waals surface area contributed by atoms with Crippen molar-refractivity contribution in [1.29, 1.82) is 0 Å². The van der Waals surface area contributed by atoms with Crippen molar-refractivity contribution in [3.05, 3.63) is 77.4 Å². The summed E-state index contributed by atoms with van der Waals surface area (Å²) in [5.41, 5.74) is 2.39. The molecule has 0 spiro atoms. The van der Waals surface area contributed by atoms with Gasteiger partial charge >= 0.3 is 0 Å². The third kappa shape index (κ3) is 5.00. The van der Waals surface area contributed by atoms with Gasteiger partial charge in [-0.3, -0.25) is 33.9 Å². The standard InChI is InChI=1S/C35H36BrCl2N3O6/c36-20-40-32(45)34(37)18-26-23(29(35(34,38)33(40)46)24-8-4-5-9-27(24)47-17-16-42)10-11-25-28(26)31(44)41(30(25)43)22-12-14-39(15-13-22)19-21-6-2-1-3-7-21/h1-10,22,25-26,28-29,42H,11-20H2/t25-,26+,28-,29+,34+,35-/m0/s1.